The Morgan fingerprint density at radius 1 is 1.32 bits per heavy atom. The average molecular weight is 302 g/mol. The van der Waals surface area contributed by atoms with Crippen LogP contribution >= 0.6 is 0 Å². The van der Waals surface area contributed by atoms with Gasteiger partial charge in [0.05, 0.1) is 0 Å². The summed E-state index contributed by atoms with van der Waals surface area (Å²) >= 11 is 0. The fourth-order valence-electron chi connectivity index (χ4n) is 3.38. The van der Waals surface area contributed by atoms with Crippen molar-refractivity contribution in [2.24, 2.45) is 0 Å². The molecule has 1 aliphatic rings. The van der Waals surface area contributed by atoms with Gasteiger partial charge < -0.3 is 14.2 Å². The summed E-state index contributed by atoms with van der Waals surface area (Å²) in [6.07, 6.45) is 5.25. The fraction of sp³-hybridized carbons (Fsp3) is 0.647. The minimum atomic E-state index is 0.555. The van der Waals surface area contributed by atoms with Crippen molar-refractivity contribution >= 4 is 11.2 Å². The maximum atomic E-state index is 5.21. The summed E-state index contributed by atoms with van der Waals surface area (Å²) in [6.45, 7) is 7.46. The van der Waals surface area contributed by atoms with E-state index in [-0.39, 0.29) is 0 Å². The average Bonchev–Trinajstić information content (AvgIpc) is 2.94. The third kappa shape index (κ3) is 3.15. The van der Waals surface area contributed by atoms with E-state index in [0.29, 0.717) is 5.92 Å². The van der Waals surface area contributed by atoms with Crippen LogP contribution in [-0.4, -0.2) is 52.8 Å². The van der Waals surface area contributed by atoms with Crippen molar-refractivity contribution in [3.63, 3.8) is 0 Å². The van der Waals surface area contributed by atoms with E-state index in [4.69, 9.17) is 9.72 Å². The van der Waals surface area contributed by atoms with Crippen molar-refractivity contribution in [2.45, 2.75) is 38.6 Å². The summed E-state index contributed by atoms with van der Waals surface area (Å²) in [5.74, 6) is 1.78. The molecule has 5 heteroatoms. The Morgan fingerprint density at radius 3 is 2.86 bits per heavy atom. The number of hydrogen-bond donors (Lipinski definition) is 0. The molecule has 0 atom stereocenters. The maximum Gasteiger partial charge on any atom is 0.159 e. The Hall–Kier alpha value is -1.46. The van der Waals surface area contributed by atoms with Crippen LogP contribution in [0.2, 0.25) is 0 Å². The summed E-state index contributed by atoms with van der Waals surface area (Å²) in [5, 5.41) is 0. The number of hydrogen-bond acceptors (Lipinski definition) is 4. The number of nitrogens with zero attached hydrogens (tertiary/aromatic N) is 4. The summed E-state index contributed by atoms with van der Waals surface area (Å²) < 4.78 is 7.53. The normalized spacial score (nSPS) is 17.4. The molecule has 1 aliphatic heterocycles. The molecule has 0 radical (unpaired) electrons. The quantitative estimate of drug-likeness (QED) is 0.770. The molecular weight excluding hydrogens is 276 g/mol. The van der Waals surface area contributed by atoms with Crippen LogP contribution in [0.5, 0.6) is 0 Å². The molecular formula is C17H26N4O. The second kappa shape index (κ2) is 7.20. The lowest BCUT2D eigenvalue weighted by Gasteiger charge is -2.30. The number of fused-ring (bicyclic) bond motifs is 1. The first kappa shape index (κ1) is 15.4. The van der Waals surface area contributed by atoms with E-state index in [1.54, 1.807) is 7.11 Å². The number of pyridine rings is 1. The molecule has 0 aromatic carbocycles. The number of methoxy groups -OCH3 is 1. The number of ether oxygens (including phenoxy) is 1. The smallest absolute Gasteiger partial charge is 0.159 e. The predicted octanol–water partition coefficient (Wildman–Crippen LogP) is 2.67. The van der Waals surface area contributed by atoms with Crippen LogP contribution in [-0.2, 0) is 11.3 Å². The summed E-state index contributed by atoms with van der Waals surface area (Å²) in [5.41, 5.74) is 2.04. The zero-order valence-corrected chi connectivity index (χ0v) is 13.7. The Balaban J connectivity index is 1.85. The molecule has 3 rings (SSSR count). The van der Waals surface area contributed by atoms with Gasteiger partial charge in [0, 0.05) is 32.4 Å². The highest BCUT2D eigenvalue weighted by Crippen LogP contribution is 2.29. The van der Waals surface area contributed by atoms with E-state index in [2.05, 4.69) is 27.4 Å². The van der Waals surface area contributed by atoms with E-state index in [0.717, 1.165) is 37.3 Å². The topological polar surface area (TPSA) is 43.2 Å². The number of imidazole rings is 1. The van der Waals surface area contributed by atoms with Crippen LogP contribution < -0.4 is 0 Å². The van der Waals surface area contributed by atoms with Crippen LogP contribution in [0.3, 0.4) is 0 Å². The molecule has 0 N–H and O–H groups in total. The molecule has 0 unspecified atom stereocenters. The molecule has 2 aromatic rings. The zero-order valence-electron chi connectivity index (χ0n) is 13.7. The van der Waals surface area contributed by atoms with Gasteiger partial charge in [-0.3, -0.25) is 0 Å². The molecule has 1 fully saturated rings. The Morgan fingerprint density at radius 2 is 2.14 bits per heavy atom. The molecule has 2 aromatic heterocycles. The van der Waals surface area contributed by atoms with E-state index < -0.39 is 0 Å². The zero-order chi connectivity index (χ0) is 15.4. The van der Waals surface area contributed by atoms with Crippen molar-refractivity contribution in [1.29, 1.82) is 0 Å². The number of piperidine rings is 1. The molecule has 0 spiro atoms. The van der Waals surface area contributed by atoms with Gasteiger partial charge in [0.1, 0.15) is 11.3 Å². The molecule has 0 amide bonds. The highest BCUT2D eigenvalue weighted by atomic mass is 16.5. The van der Waals surface area contributed by atoms with Crippen molar-refractivity contribution in [3.05, 3.63) is 24.2 Å². The first-order valence-electron chi connectivity index (χ1n) is 8.36. The van der Waals surface area contributed by atoms with Gasteiger partial charge in [0.2, 0.25) is 0 Å². The molecule has 120 valence electrons. The van der Waals surface area contributed by atoms with Crippen LogP contribution in [0.1, 0.15) is 37.9 Å². The van der Waals surface area contributed by atoms with E-state index in [1.807, 2.05) is 12.3 Å². The van der Waals surface area contributed by atoms with Gasteiger partial charge in [-0.2, -0.15) is 0 Å². The molecule has 0 aliphatic carbocycles. The van der Waals surface area contributed by atoms with Crippen molar-refractivity contribution < 1.29 is 4.74 Å². The van der Waals surface area contributed by atoms with Crippen molar-refractivity contribution in [2.75, 3.05) is 33.4 Å². The van der Waals surface area contributed by atoms with Gasteiger partial charge in [-0.25, -0.2) is 9.97 Å². The van der Waals surface area contributed by atoms with Gasteiger partial charge in [-0.15, -0.1) is 0 Å². The summed E-state index contributed by atoms with van der Waals surface area (Å²) in [4.78, 5) is 12.0. The molecule has 0 bridgehead atoms. The van der Waals surface area contributed by atoms with E-state index in [1.165, 1.54) is 31.8 Å². The number of aromatic nitrogens is 3. The predicted molar refractivity (Wildman–Crippen MR) is 88.1 cm³/mol. The Bertz CT molecular complexity index is 602. The number of rotatable bonds is 6. The second-order valence-electron chi connectivity index (χ2n) is 6.02. The molecule has 22 heavy (non-hydrogen) atoms. The van der Waals surface area contributed by atoms with Crippen molar-refractivity contribution in [1.82, 2.24) is 19.4 Å². The van der Waals surface area contributed by atoms with Crippen LogP contribution in [0.15, 0.2) is 18.3 Å². The summed E-state index contributed by atoms with van der Waals surface area (Å²) in [6, 6.07) is 4.04. The third-order valence-electron chi connectivity index (χ3n) is 4.66. The van der Waals surface area contributed by atoms with Gasteiger partial charge in [-0.1, -0.05) is 6.92 Å². The first-order valence-corrected chi connectivity index (χ1v) is 8.36. The Kier molecular flexibility index (Phi) is 5.05. The highest BCUT2D eigenvalue weighted by molar-refractivity contribution is 5.71. The molecule has 3 heterocycles. The summed E-state index contributed by atoms with van der Waals surface area (Å²) in [7, 11) is 1.76. The van der Waals surface area contributed by atoms with E-state index in [9.17, 15) is 0 Å². The SMILES string of the molecule is CCN1CCC(c2nc3cccnc3n2CCCOC)CC1. The third-order valence-corrected chi connectivity index (χ3v) is 4.66. The number of likely N-dealkylation sites (tertiary alicyclic amines) is 1. The minimum absolute atomic E-state index is 0.555. The van der Waals surface area contributed by atoms with Crippen LogP contribution in [0, 0.1) is 0 Å². The first-order chi connectivity index (χ1) is 10.8. The fourth-order valence-corrected chi connectivity index (χ4v) is 3.38. The molecule has 5 nitrogen and oxygen atoms in total. The molecule has 0 saturated carbocycles. The lowest BCUT2D eigenvalue weighted by atomic mass is 9.96. The van der Waals surface area contributed by atoms with Gasteiger partial charge in [0.25, 0.3) is 0 Å². The Labute approximate surface area is 132 Å². The van der Waals surface area contributed by atoms with Crippen LogP contribution in [0.25, 0.3) is 11.2 Å². The van der Waals surface area contributed by atoms with Gasteiger partial charge >= 0.3 is 0 Å². The lowest BCUT2D eigenvalue weighted by Crippen LogP contribution is -2.33. The van der Waals surface area contributed by atoms with Crippen molar-refractivity contribution in [3.8, 4) is 0 Å². The van der Waals surface area contributed by atoms with E-state index >= 15 is 0 Å². The van der Waals surface area contributed by atoms with Crippen LogP contribution in [0.4, 0.5) is 0 Å². The minimum Gasteiger partial charge on any atom is -0.385 e. The monoisotopic (exact) mass is 302 g/mol. The second-order valence-corrected chi connectivity index (χ2v) is 6.02. The lowest BCUT2D eigenvalue weighted by molar-refractivity contribution is 0.188. The largest absolute Gasteiger partial charge is 0.385 e. The highest BCUT2D eigenvalue weighted by Gasteiger charge is 2.25. The van der Waals surface area contributed by atoms with Gasteiger partial charge in [-0.05, 0) is 51.0 Å². The van der Waals surface area contributed by atoms with Gasteiger partial charge in [0.15, 0.2) is 5.65 Å². The number of aryl methyl sites for hydroxylation is 1. The maximum absolute atomic E-state index is 5.21. The molecule has 1 saturated heterocycles. The standard InChI is InChI=1S/C17H26N4O/c1-3-20-11-7-14(8-12-20)16-19-15-6-4-9-18-17(15)21(16)10-5-13-22-2/h4,6,9,14H,3,5,7-8,10-13H2,1-2H3.